The lowest BCUT2D eigenvalue weighted by Crippen LogP contribution is -2.49. The number of para-hydroxylation sites is 1. The second-order valence-electron chi connectivity index (χ2n) is 13.5. The first-order valence-electron chi connectivity index (χ1n) is 13.8. The quantitative estimate of drug-likeness (QED) is 0.274. The van der Waals surface area contributed by atoms with Crippen molar-refractivity contribution in [2.45, 2.75) is 70.8 Å². The van der Waals surface area contributed by atoms with Crippen LogP contribution in [0.2, 0.25) is 0 Å². The van der Waals surface area contributed by atoms with Gasteiger partial charge in [-0.3, -0.25) is 0 Å². The van der Waals surface area contributed by atoms with E-state index in [4.69, 9.17) is 0 Å². The summed E-state index contributed by atoms with van der Waals surface area (Å²) < 4.78 is 0. The zero-order valence-corrected chi connectivity index (χ0v) is 23.0. The molecule has 0 spiro atoms. The highest BCUT2D eigenvalue weighted by atomic mass is 15.3. The molecule has 2 unspecified atom stereocenters. The maximum atomic E-state index is 2.66. The Morgan fingerprint density at radius 3 is 1.95 bits per heavy atom. The molecule has 4 aromatic carbocycles. The first-order valence-corrected chi connectivity index (χ1v) is 13.8. The van der Waals surface area contributed by atoms with Crippen LogP contribution in [0.15, 0.2) is 91.0 Å². The molecule has 1 saturated carbocycles. The number of nitrogens with zero attached hydrogens (tertiary/aromatic N) is 1. The average Bonchev–Trinajstić information content (AvgIpc) is 3.30. The molecule has 1 heterocycles. The van der Waals surface area contributed by atoms with Crippen LogP contribution < -0.4 is 4.90 Å². The van der Waals surface area contributed by atoms with Crippen LogP contribution in [0.5, 0.6) is 0 Å². The van der Waals surface area contributed by atoms with Crippen LogP contribution in [0.1, 0.15) is 71.1 Å². The van der Waals surface area contributed by atoms with Crippen molar-refractivity contribution in [3.63, 3.8) is 0 Å². The molecular formula is C36H37N. The van der Waals surface area contributed by atoms with Crippen molar-refractivity contribution in [3.8, 4) is 22.3 Å². The van der Waals surface area contributed by atoms with Crippen molar-refractivity contribution >= 4 is 11.4 Å². The summed E-state index contributed by atoms with van der Waals surface area (Å²) in [6.45, 7) is 14.7. The summed E-state index contributed by atoms with van der Waals surface area (Å²) >= 11 is 0. The predicted molar refractivity (Wildman–Crippen MR) is 157 cm³/mol. The minimum absolute atomic E-state index is 0.0167. The highest BCUT2D eigenvalue weighted by Crippen LogP contribution is 2.67. The Hall–Kier alpha value is -3.32. The van der Waals surface area contributed by atoms with Gasteiger partial charge in [0.2, 0.25) is 0 Å². The van der Waals surface area contributed by atoms with Gasteiger partial charge in [-0.1, -0.05) is 95.3 Å². The van der Waals surface area contributed by atoms with Crippen molar-refractivity contribution in [2.24, 2.45) is 5.41 Å². The van der Waals surface area contributed by atoms with Crippen molar-refractivity contribution in [1.82, 2.24) is 0 Å². The second kappa shape index (κ2) is 7.16. The van der Waals surface area contributed by atoms with Crippen LogP contribution in [0.25, 0.3) is 22.3 Å². The van der Waals surface area contributed by atoms with Gasteiger partial charge in [-0.15, -0.1) is 0 Å². The van der Waals surface area contributed by atoms with Crippen molar-refractivity contribution in [3.05, 3.63) is 108 Å². The van der Waals surface area contributed by atoms with Gasteiger partial charge in [-0.05, 0) is 94.5 Å². The summed E-state index contributed by atoms with van der Waals surface area (Å²) in [5.41, 5.74) is 12.9. The molecule has 186 valence electrons. The largest absolute Gasteiger partial charge is 0.334 e. The van der Waals surface area contributed by atoms with E-state index in [0.717, 1.165) is 0 Å². The molecule has 37 heavy (non-hydrogen) atoms. The number of benzene rings is 4. The topological polar surface area (TPSA) is 3.24 Å². The zero-order valence-electron chi connectivity index (χ0n) is 23.0. The van der Waals surface area contributed by atoms with E-state index in [1.165, 1.54) is 63.2 Å². The highest BCUT2D eigenvalue weighted by Gasteiger charge is 2.64. The Balaban J connectivity index is 1.39. The van der Waals surface area contributed by atoms with Gasteiger partial charge in [0, 0.05) is 22.2 Å². The second-order valence-corrected chi connectivity index (χ2v) is 13.5. The van der Waals surface area contributed by atoms with Gasteiger partial charge >= 0.3 is 0 Å². The third-order valence-electron chi connectivity index (χ3n) is 10.1. The molecule has 0 aromatic heterocycles. The molecule has 4 aromatic rings. The lowest BCUT2D eigenvalue weighted by Gasteiger charge is -2.42. The van der Waals surface area contributed by atoms with Gasteiger partial charge in [-0.2, -0.15) is 0 Å². The van der Waals surface area contributed by atoms with Crippen LogP contribution >= 0.6 is 0 Å². The molecule has 1 fully saturated rings. The minimum Gasteiger partial charge on any atom is -0.334 e. The Bertz CT molecular complexity index is 1560. The minimum atomic E-state index is 0.0167. The molecule has 0 bridgehead atoms. The van der Waals surface area contributed by atoms with E-state index < -0.39 is 0 Å². The molecule has 0 saturated heterocycles. The standard InChI is InChI=1S/C36H37N/c1-33(2)22-35(5)31-21-25(17-19-32(31)37(36(35,6)23-33)26-12-8-7-9-13-26)24-16-18-28-27-14-10-11-15-29(27)34(3,4)30(28)20-24/h7-21H,22-23H2,1-6H3. The number of fused-ring (bicyclic) bond motifs is 6. The fourth-order valence-corrected chi connectivity index (χ4v) is 8.55. The van der Waals surface area contributed by atoms with Gasteiger partial charge in [0.15, 0.2) is 0 Å². The maximum Gasteiger partial charge on any atom is 0.0523 e. The average molecular weight is 484 g/mol. The molecule has 3 aliphatic rings. The van der Waals surface area contributed by atoms with E-state index in [9.17, 15) is 0 Å². The number of hydrogen-bond acceptors (Lipinski definition) is 1. The van der Waals surface area contributed by atoms with Gasteiger partial charge in [0.25, 0.3) is 0 Å². The van der Waals surface area contributed by atoms with Crippen LogP contribution in [-0.4, -0.2) is 5.54 Å². The molecule has 2 aliphatic carbocycles. The monoisotopic (exact) mass is 483 g/mol. The summed E-state index contributed by atoms with van der Waals surface area (Å²) in [5, 5.41) is 0. The third-order valence-corrected chi connectivity index (χ3v) is 10.1. The Kier molecular flexibility index (Phi) is 4.42. The molecule has 1 nitrogen and oxygen atoms in total. The van der Waals surface area contributed by atoms with E-state index in [0.29, 0.717) is 5.41 Å². The predicted octanol–water partition coefficient (Wildman–Crippen LogP) is 9.65. The number of hydrogen-bond donors (Lipinski definition) is 0. The van der Waals surface area contributed by atoms with Gasteiger partial charge in [-0.25, -0.2) is 0 Å². The Labute approximate surface area is 222 Å². The molecule has 1 aliphatic heterocycles. The van der Waals surface area contributed by atoms with Crippen molar-refractivity contribution in [1.29, 1.82) is 0 Å². The molecule has 7 rings (SSSR count). The normalized spacial score (nSPS) is 25.9. The molecule has 1 heteroatoms. The van der Waals surface area contributed by atoms with Crippen LogP contribution in [0.3, 0.4) is 0 Å². The lowest BCUT2D eigenvalue weighted by molar-refractivity contribution is 0.330. The number of anilines is 2. The highest BCUT2D eigenvalue weighted by molar-refractivity contribution is 5.85. The van der Waals surface area contributed by atoms with E-state index in [1.54, 1.807) is 0 Å². The third kappa shape index (κ3) is 2.92. The zero-order chi connectivity index (χ0) is 25.8. The van der Waals surface area contributed by atoms with Gasteiger partial charge in [0.05, 0.1) is 5.54 Å². The van der Waals surface area contributed by atoms with Crippen LogP contribution in [-0.2, 0) is 10.8 Å². The SMILES string of the molecule is CC1(C)CC2(C)c3cc(-c4ccc5c(c4)C(C)(C)c4ccccc4-5)ccc3N(c3ccccc3)C2(C)C1. The fraction of sp³-hybridized carbons (Fsp3) is 0.333. The summed E-state index contributed by atoms with van der Waals surface area (Å²) in [7, 11) is 0. The van der Waals surface area contributed by atoms with Crippen LogP contribution in [0, 0.1) is 5.41 Å². The first-order chi connectivity index (χ1) is 17.6. The maximum absolute atomic E-state index is 2.66. The first kappa shape index (κ1) is 22.8. The van der Waals surface area contributed by atoms with Gasteiger partial charge < -0.3 is 4.90 Å². The van der Waals surface area contributed by atoms with E-state index in [-0.39, 0.29) is 16.4 Å². The Morgan fingerprint density at radius 1 is 0.568 bits per heavy atom. The summed E-state index contributed by atoms with van der Waals surface area (Å²) in [6, 6.07) is 34.4. The molecular weight excluding hydrogens is 446 g/mol. The van der Waals surface area contributed by atoms with E-state index >= 15 is 0 Å². The molecule has 0 N–H and O–H groups in total. The van der Waals surface area contributed by atoms with Gasteiger partial charge in [0.1, 0.15) is 0 Å². The summed E-state index contributed by atoms with van der Waals surface area (Å²) in [4.78, 5) is 2.66. The van der Waals surface area contributed by atoms with E-state index in [2.05, 4.69) is 137 Å². The smallest absolute Gasteiger partial charge is 0.0523 e. The van der Waals surface area contributed by atoms with E-state index in [1.807, 2.05) is 0 Å². The fourth-order valence-electron chi connectivity index (χ4n) is 8.55. The Morgan fingerprint density at radius 2 is 1.19 bits per heavy atom. The summed E-state index contributed by atoms with van der Waals surface area (Å²) in [6.07, 6.45) is 2.38. The number of rotatable bonds is 2. The summed E-state index contributed by atoms with van der Waals surface area (Å²) in [5.74, 6) is 0. The lowest BCUT2D eigenvalue weighted by atomic mass is 9.71. The molecule has 0 amide bonds. The van der Waals surface area contributed by atoms with Crippen molar-refractivity contribution < 1.29 is 0 Å². The molecule has 0 radical (unpaired) electrons. The van der Waals surface area contributed by atoms with Crippen LogP contribution in [0.4, 0.5) is 11.4 Å². The molecule has 2 atom stereocenters. The van der Waals surface area contributed by atoms with Crippen molar-refractivity contribution in [2.75, 3.05) is 4.90 Å².